The van der Waals surface area contributed by atoms with Gasteiger partial charge in [-0.05, 0) is 56.5 Å². The predicted molar refractivity (Wildman–Crippen MR) is 112 cm³/mol. The smallest absolute Gasteiger partial charge is 0.274 e. The van der Waals surface area contributed by atoms with E-state index in [0.717, 1.165) is 35.6 Å². The highest BCUT2D eigenvalue weighted by Crippen LogP contribution is 2.18. The highest BCUT2D eigenvalue weighted by atomic mass is 16.1. The maximum absolute atomic E-state index is 12.7. The number of nitrogens with one attached hydrogen (secondary N) is 1. The molecule has 6 nitrogen and oxygen atoms in total. The lowest BCUT2D eigenvalue weighted by Gasteiger charge is -2.19. The number of aromatic nitrogens is 3. The lowest BCUT2D eigenvalue weighted by Crippen LogP contribution is -2.23. The molecule has 0 fully saturated rings. The molecule has 0 bridgehead atoms. The molecular formula is C22H25N5O. The first-order valence-corrected chi connectivity index (χ1v) is 9.26. The highest BCUT2D eigenvalue weighted by molar-refractivity contribution is 6.03. The SMILES string of the molecule is Cc1ccc(NC(=O)c2cc(N(C)CCc3ccncc3)nc(C)n2)c(C)c1. The quantitative estimate of drug-likeness (QED) is 0.711. The standard InChI is InChI=1S/C22H25N5O/c1-15-5-6-19(16(2)13-15)26-22(28)20-14-21(25-17(3)24-20)27(4)12-9-18-7-10-23-11-8-18/h5-8,10-11,13-14H,9,12H2,1-4H3,(H,26,28). The lowest BCUT2D eigenvalue weighted by molar-refractivity contribution is 0.102. The largest absolute Gasteiger partial charge is 0.359 e. The van der Waals surface area contributed by atoms with Crippen LogP contribution in [0.25, 0.3) is 0 Å². The van der Waals surface area contributed by atoms with Crippen LogP contribution in [-0.2, 0) is 6.42 Å². The number of likely N-dealkylation sites (N-methyl/N-ethyl adjacent to an activating group) is 1. The van der Waals surface area contributed by atoms with Gasteiger partial charge in [0.05, 0.1) is 0 Å². The molecule has 6 heteroatoms. The van der Waals surface area contributed by atoms with Gasteiger partial charge in [0.25, 0.3) is 5.91 Å². The number of hydrogen-bond donors (Lipinski definition) is 1. The Balaban J connectivity index is 1.73. The van der Waals surface area contributed by atoms with E-state index in [0.29, 0.717) is 11.5 Å². The molecule has 28 heavy (non-hydrogen) atoms. The first-order chi connectivity index (χ1) is 13.4. The third kappa shape index (κ3) is 4.91. The molecule has 0 atom stereocenters. The Kier molecular flexibility index (Phi) is 5.99. The van der Waals surface area contributed by atoms with E-state index in [2.05, 4.69) is 20.3 Å². The lowest BCUT2D eigenvalue weighted by atomic mass is 10.1. The fraction of sp³-hybridized carbons (Fsp3) is 0.273. The molecule has 2 heterocycles. The van der Waals surface area contributed by atoms with Gasteiger partial charge >= 0.3 is 0 Å². The minimum atomic E-state index is -0.235. The van der Waals surface area contributed by atoms with E-state index in [1.807, 2.05) is 56.1 Å². The van der Waals surface area contributed by atoms with Crippen LogP contribution >= 0.6 is 0 Å². The number of hydrogen-bond acceptors (Lipinski definition) is 5. The van der Waals surface area contributed by atoms with Gasteiger partial charge in [-0.3, -0.25) is 9.78 Å². The summed E-state index contributed by atoms with van der Waals surface area (Å²) in [5.74, 6) is 1.06. The summed E-state index contributed by atoms with van der Waals surface area (Å²) < 4.78 is 0. The maximum atomic E-state index is 12.7. The van der Waals surface area contributed by atoms with Gasteiger partial charge in [-0.25, -0.2) is 9.97 Å². The second kappa shape index (κ2) is 8.61. The van der Waals surface area contributed by atoms with Crippen LogP contribution in [0.4, 0.5) is 11.5 Å². The van der Waals surface area contributed by atoms with Crippen molar-refractivity contribution >= 4 is 17.4 Å². The van der Waals surface area contributed by atoms with Crippen molar-refractivity contribution < 1.29 is 4.79 Å². The van der Waals surface area contributed by atoms with Crippen molar-refractivity contribution in [2.24, 2.45) is 0 Å². The molecule has 0 spiro atoms. The number of aryl methyl sites for hydroxylation is 3. The molecule has 1 N–H and O–H groups in total. The second-order valence-electron chi connectivity index (χ2n) is 6.96. The molecule has 0 aliphatic heterocycles. The van der Waals surface area contributed by atoms with E-state index < -0.39 is 0 Å². The van der Waals surface area contributed by atoms with Gasteiger partial charge in [-0.1, -0.05) is 17.7 Å². The summed E-state index contributed by atoms with van der Waals surface area (Å²) in [7, 11) is 1.97. The third-order valence-corrected chi connectivity index (χ3v) is 4.56. The number of carbonyl (C=O) groups is 1. The fourth-order valence-electron chi connectivity index (χ4n) is 2.96. The summed E-state index contributed by atoms with van der Waals surface area (Å²) in [6.45, 7) is 6.58. The van der Waals surface area contributed by atoms with Crippen LogP contribution in [0.3, 0.4) is 0 Å². The predicted octanol–water partition coefficient (Wildman–Crippen LogP) is 3.73. The van der Waals surface area contributed by atoms with Crippen molar-refractivity contribution in [1.82, 2.24) is 15.0 Å². The van der Waals surface area contributed by atoms with Crippen molar-refractivity contribution in [3.63, 3.8) is 0 Å². The molecule has 1 amide bonds. The molecule has 3 aromatic rings. The molecule has 3 rings (SSSR count). The summed E-state index contributed by atoms with van der Waals surface area (Å²) >= 11 is 0. The van der Waals surface area contributed by atoms with E-state index in [-0.39, 0.29) is 5.91 Å². The van der Waals surface area contributed by atoms with Gasteiger partial charge in [-0.2, -0.15) is 0 Å². The summed E-state index contributed by atoms with van der Waals surface area (Å²) in [5.41, 5.74) is 4.54. The molecule has 0 saturated heterocycles. The Morgan fingerprint density at radius 2 is 1.79 bits per heavy atom. The van der Waals surface area contributed by atoms with E-state index in [1.54, 1.807) is 25.4 Å². The Morgan fingerprint density at radius 3 is 2.50 bits per heavy atom. The number of amides is 1. The molecule has 0 aliphatic rings. The van der Waals surface area contributed by atoms with Crippen LogP contribution in [-0.4, -0.2) is 34.5 Å². The Labute approximate surface area is 165 Å². The van der Waals surface area contributed by atoms with E-state index in [4.69, 9.17) is 0 Å². The molecule has 0 aliphatic carbocycles. The zero-order valence-corrected chi connectivity index (χ0v) is 16.7. The van der Waals surface area contributed by atoms with Gasteiger partial charge in [0.15, 0.2) is 0 Å². The molecule has 0 saturated carbocycles. The van der Waals surface area contributed by atoms with Gasteiger partial charge in [0, 0.05) is 37.7 Å². The van der Waals surface area contributed by atoms with Crippen LogP contribution in [0, 0.1) is 20.8 Å². The topological polar surface area (TPSA) is 71.0 Å². The minimum absolute atomic E-state index is 0.235. The van der Waals surface area contributed by atoms with Crippen molar-refractivity contribution in [2.45, 2.75) is 27.2 Å². The average Bonchev–Trinajstić information content (AvgIpc) is 2.68. The normalized spacial score (nSPS) is 10.6. The molecule has 0 unspecified atom stereocenters. The summed E-state index contributed by atoms with van der Waals surface area (Å²) in [4.78, 5) is 27.6. The maximum Gasteiger partial charge on any atom is 0.274 e. The molecular weight excluding hydrogens is 350 g/mol. The molecule has 2 aromatic heterocycles. The molecule has 144 valence electrons. The van der Waals surface area contributed by atoms with Gasteiger partial charge < -0.3 is 10.2 Å². The number of carbonyl (C=O) groups excluding carboxylic acids is 1. The van der Waals surface area contributed by atoms with E-state index in [9.17, 15) is 4.79 Å². The van der Waals surface area contributed by atoms with Gasteiger partial charge in [0.1, 0.15) is 17.3 Å². The Morgan fingerprint density at radius 1 is 1.04 bits per heavy atom. The van der Waals surface area contributed by atoms with Crippen molar-refractivity contribution in [3.05, 3.63) is 77.0 Å². The zero-order chi connectivity index (χ0) is 20.1. The summed E-state index contributed by atoms with van der Waals surface area (Å²) in [5, 5.41) is 2.95. The van der Waals surface area contributed by atoms with Crippen molar-refractivity contribution in [3.8, 4) is 0 Å². The average molecular weight is 375 g/mol. The first-order valence-electron chi connectivity index (χ1n) is 9.26. The van der Waals surface area contributed by atoms with Crippen LogP contribution in [0.1, 0.15) is 33.0 Å². The van der Waals surface area contributed by atoms with Crippen LogP contribution in [0.5, 0.6) is 0 Å². The summed E-state index contributed by atoms with van der Waals surface area (Å²) in [6, 6.07) is 11.7. The minimum Gasteiger partial charge on any atom is -0.359 e. The second-order valence-corrected chi connectivity index (χ2v) is 6.96. The number of benzene rings is 1. The number of nitrogens with zero attached hydrogens (tertiary/aromatic N) is 4. The van der Waals surface area contributed by atoms with E-state index >= 15 is 0 Å². The van der Waals surface area contributed by atoms with Crippen LogP contribution in [0.15, 0.2) is 48.8 Å². The Hall–Kier alpha value is -3.28. The van der Waals surface area contributed by atoms with Crippen molar-refractivity contribution in [1.29, 1.82) is 0 Å². The molecule has 0 radical (unpaired) electrons. The Bertz CT molecular complexity index is 972. The third-order valence-electron chi connectivity index (χ3n) is 4.56. The van der Waals surface area contributed by atoms with E-state index in [1.165, 1.54) is 5.56 Å². The first kappa shape index (κ1) is 19.5. The van der Waals surface area contributed by atoms with Gasteiger partial charge in [-0.15, -0.1) is 0 Å². The zero-order valence-electron chi connectivity index (χ0n) is 16.7. The molecule has 1 aromatic carbocycles. The number of rotatable bonds is 6. The number of pyridine rings is 1. The van der Waals surface area contributed by atoms with Crippen molar-refractivity contribution in [2.75, 3.05) is 23.8 Å². The monoisotopic (exact) mass is 375 g/mol. The highest BCUT2D eigenvalue weighted by Gasteiger charge is 2.14. The fourth-order valence-corrected chi connectivity index (χ4v) is 2.96. The van der Waals surface area contributed by atoms with Crippen LogP contribution < -0.4 is 10.2 Å². The summed E-state index contributed by atoms with van der Waals surface area (Å²) in [6.07, 6.45) is 4.45. The van der Waals surface area contributed by atoms with Crippen LogP contribution in [0.2, 0.25) is 0 Å². The van der Waals surface area contributed by atoms with Gasteiger partial charge in [0.2, 0.25) is 0 Å². The number of anilines is 2.